The van der Waals surface area contributed by atoms with Gasteiger partial charge in [0.15, 0.2) is 0 Å². The number of rotatable bonds is 3. The van der Waals surface area contributed by atoms with Gasteiger partial charge >= 0.3 is 0 Å². The Bertz CT molecular complexity index is 745. The molecule has 0 saturated carbocycles. The van der Waals surface area contributed by atoms with Crippen LogP contribution in [0.4, 0.5) is 21.5 Å². The Morgan fingerprint density at radius 1 is 1.10 bits per heavy atom. The van der Waals surface area contributed by atoms with E-state index in [1.807, 2.05) is 0 Å². The molecule has 2 rings (SSSR count). The quantitative estimate of drug-likeness (QED) is 0.758. The predicted octanol–water partition coefficient (Wildman–Crippen LogP) is 2.45. The van der Waals surface area contributed by atoms with Crippen molar-refractivity contribution in [3.05, 3.63) is 47.2 Å². The molecule has 0 bridgehead atoms. The van der Waals surface area contributed by atoms with Crippen LogP contribution < -0.4 is 16.2 Å². The maximum atomic E-state index is 13.2. The van der Waals surface area contributed by atoms with E-state index in [-0.39, 0.29) is 15.6 Å². The summed E-state index contributed by atoms with van der Waals surface area (Å²) in [4.78, 5) is -0.166. The summed E-state index contributed by atoms with van der Waals surface area (Å²) in [7, 11) is -3.87. The molecule has 5 N–H and O–H groups in total. The SMILES string of the molecule is Nc1cc(Nc2cc(F)cc(Cl)c2)ccc1S(N)(=O)=O. The number of benzene rings is 2. The number of hydrogen-bond acceptors (Lipinski definition) is 4. The molecule has 0 heterocycles. The molecule has 0 atom stereocenters. The molecule has 106 valence electrons. The Morgan fingerprint density at radius 2 is 1.80 bits per heavy atom. The molecule has 0 aromatic heterocycles. The second kappa shape index (κ2) is 5.28. The summed E-state index contributed by atoms with van der Waals surface area (Å²) in [5, 5.41) is 8.11. The van der Waals surface area contributed by atoms with E-state index in [1.54, 1.807) is 0 Å². The van der Waals surface area contributed by atoms with Crippen LogP contribution in [0.25, 0.3) is 0 Å². The van der Waals surface area contributed by atoms with Crippen LogP contribution in [0, 0.1) is 5.82 Å². The molecule has 20 heavy (non-hydrogen) atoms. The lowest BCUT2D eigenvalue weighted by Gasteiger charge is -2.10. The van der Waals surface area contributed by atoms with Crippen LogP contribution in [-0.4, -0.2) is 8.42 Å². The summed E-state index contributed by atoms with van der Waals surface area (Å²) in [6.45, 7) is 0. The molecular formula is C12H11ClFN3O2S. The molecule has 0 aliphatic carbocycles. The molecule has 0 spiro atoms. The molecule has 0 radical (unpaired) electrons. The first kappa shape index (κ1) is 14.6. The van der Waals surface area contributed by atoms with Gasteiger partial charge in [0, 0.05) is 16.4 Å². The molecule has 5 nitrogen and oxygen atoms in total. The Hall–Kier alpha value is -1.83. The van der Waals surface area contributed by atoms with E-state index in [9.17, 15) is 12.8 Å². The van der Waals surface area contributed by atoms with Gasteiger partial charge in [-0.15, -0.1) is 0 Å². The maximum absolute atomic E-state index is 13.2. The highest BCUT2D eigenvalue weighted by Gasteiger charge is 2.12. The summed E-state index contributed by atoms with van der Waals surface area (Å²) in [5.74, 6) is -0.492. The van der Waals surface area contributed by atoms with Crippen molar-refractivity contribution in [2.45, 2.75) is 4.90 Å². The first-order chi connectivity index (χ1) is 9.25. The van der Waals surface area contributed by atoms with Gasteiger partial charge in [-0.2, -0.15) is 0 Å². The second-order valence-electron chi connectivity index (χ2n) is 4.08. The molecule has 8 heteroatoms. The lowest BCUT2D eigenvalue weighted by Crippen LogP contribution is -2.14. The fraction of sp³-hybridized carbons (Fsp3) is 0. The lowest BCUT2D eigenvalue weighted by molar-refractivity contribution is 0.598. The minimum atomic E-state index is -3.87. The van der Waals surface area contributed by atoms with Gasteiger partial charge in [-0.1, -0.05) is 11.6 Å². The van der Waals surface area contributed by atoms with Crippen LogP contribution in [0.2, 0.25) is 5.02 Å². The number of nitrogens with one attached hydrogen (secondary N) is 1. The summed E-state index contributed by atoms with van der Waals surface area (Å²) in [6.07, 6.45) is 0. The van der Waals surface area contributed by atoms with E-state index < -0.39 is 15.8 Å². The molecule has 0 aliphatic rings. The van der Waals surface area contributed by atoms with E-state index in [1.165, 1.54) is 36.4 Å². The number of nitrogens with two attached hydrogens (primary N) is 2. The predicted molar refractivity (Wildman–Crippen MR) is 76.9 cm³/mol. The number of nitrogen functional groups attached to an aromatic ring is 1. The van der Waals surface area contributed by atoms with Gasteiger partial charge < -0.3 is 11.1 Å². The normalized spacial score (nSPS) is 11.3. The molecule has 2 aromatic rings. The van der Waals surface area contributed by atoms with Crippen molar-refractivity contribution in [1.29, 1.82) is 0 Å². The Labute approximate surface area is 120 Å². The van der Waals surface area contributed by atoms with Crippen molar-refractivity contribution < 1.29 is 12.8 Å². The van der Waals surface area contributed by atoms with Crippen molar-refractivity contribution >= 4 is 38.7 Å². The van der Waals surface area contributed by atoms with E-state index in [4.69, 9.17) is 22.5 Å². The van der Waals surface area contributed by atoms with E-state index in [0.29, 0.717) is 11.4 Å². The first-order valence-electron chi connectivity index (χ1n) is 5.41. The van der Waals surface area contributed by atoms with E-state index in [2.05, 4.69) is 5.32 Å². The van der Waals surface area contributed by atoms with Crippen molar-refractivity contribution in [1.82, 2.24) is 0 Å². The average molecular weight is 316 g/mol. The topological polar surface area (TPSA) is 98.2 Å². The number of primary sulfonamides is 1. The first-order valence-corrected chi connectivity index (χ1v) is 7.33. The van der Waals surface area contributed by atoms with Crippen molar-refractivity contribution in [2.24, 2.45) is 5.14 Å². The number of halogens is 2. The monoisotopic (exact) mass is 315 g/mol. The fourth-order valence-electron chi connectivity index (χ4n) is 1.68. The summed E-state index contributed by atoms with van der Waals surface area (Å²) < 4.78 is 35.6. The summed E-state index contributed by atoms with van der Waals surface area (Å²) in [5.41, 5.74) is 6.52. The minimum Gasteiger partial charge on any atom is -0.398 e. The van der Waals surface area contributed by atoms with Gasteiger partial charge in [0.25, 0.3) is 0 Å². The molecule has 0 fully saturated rings. The van der Waals surface area contributed by atoms with Crippen LogP contribution in [0.1, 0.15) is 0 Å². The van der Waals surface area contributed by atoms with E-state index >= 15 is 0 Å². The highest BCUT2D eigenvalue weighted by atomic mass is 35.5. The standard InChI is InChI=1S/C12H11ClFN3O2S/c13-7-3-8(14)5-10(4-7)17-9-1-2-12(11(15)6-9)20(16,18)19/h1-6,17H,15H2,(H2,16,18,19). The highest BCUT2D eigenvalue weighted by Crippen LogP contribution is 2.26. The van der Waals surface area contributed by atoms with Crippen LogP contribution in [0.5, 0.6) is 0 Å². The zero-order valence-electron chi connectivity index (χ0n) is 10.1. The van der Waals surface area contributed by atoms with Gasteiger partial charge in [-0.05, 0) is 36.4 Å². The number of anilines is 3. The van der Waals surface area contributed by atoms with Crippen molar-refractivity contribution in [3.8, 4) is 0 Å². The largest absolute Gasteiger partial charge is 0.398 e. The number of hydrogen-bond donors (Lipinski definition) is 3. The minimum absolute atomic E-state index is 0.000000000000000222. The zero-order chi connectivity index (χ0) is 14.9. The third-order valence-electron chi connectivity index (χ3n) is 2.47. The van der Waals surface area contributed by atoms with Crippen molar-refractivity contribution in [3.63, 3.8) is 0 Å². The molecular weight excluding hydrogens is 305 g/mol. The van der Waals surface area contributed by atoms with Crippen LogP contribution >= 0.6 is 11.6 Å². The summed E-state index contributed by atoms with van der Waals surface area (Å²) in [6, 6.07) is 8.07. The van der Waals surface area contributed by atoms with Gasteiger partial charge in [0.05, 0.1) is 5.69 Å². The molecule has 0 aliphatic heterocycles. The Kier molecular flexibility index (Phi) is 3.85. The Balaban J connectivity index is 2.33. The third kappa shape index (κ3) is 3.38. The van der Waals surface area contributed by atoms with Crippen LogP contribution in [0.3, 0.4) is 0 Å². The van der Waals surface area contributed by atoms with Gasteiger partial charge in [-0.3, -0.25) is 0 Å². The highest BCUT2D eigenvalue weighted by molar-refractivity contribution is 7.89. The van der Waals surface area contributed by atoms with Gasteiger partial charge in [-0.25, -0.2) is 17.9 Å². The van der Waals surface area contributed by atoms with Crippen LogP contribution in [0.15, 0.2) is 41.3 Å². The van der Waals surface area contributed by atoms with Crippen molar-refractivity contribution in [2.75, 3.05) is 11.1 Å². The Morgan fingerprint density at radius 3 is 2.35 bits per heavy atom. The summed E-state index contributed by atoms with van der Waals surface area (Å²) >= 11 is 5.73. The lowest BCUT2D eigenvalue weighted by atomic mass is 10.2. The number of sulfonamides is 1. The van der Waals surface area contributed by atoms with Gasteiger partial charge in [0.2, 0.25) is 10.0 Å². The average Bonchev–Trinajstić information content (AvgIpc) is 2.25. The van der Waals surface area contributed by atoms with Crippen LogP contribution in [-0.2, 0) is 10.0 Å². The molecule has 0 saturated heterocycles. The third-order valence-corrected chi connectivity index (χ3v) is 3.67. The van der Waals surface area contributed by atoms with E-state index in [0.717, 1.165) is 0 Å². The molecule has 0 amide bonds. The fourth-order valence-corrected chi connectivity index (χ4v) is 2.54. The molecule has 2 aromatic carbocycles. The smallest absolute Gasteiger partial charge is 0.240 e. The zero-order valence-corrected chi connectivity index (χ0v) is 11.7. The van der Waals surface area contributed by atoms with Gasteiger partial charge in [0.1, 0.15) is 10.7 Å². The maximum Gasteiger partial charge on any atom is 0.240 e. The molecule has 0 unspecified atom stereocenters. The second-order valence-corrected chi connectivity index (χ2v) is 6.05.